The van der Waals surface area contributed by atoms with Crippen LogP contribution in [-0.4, -0.2) is 17.6 Å². The summed E-state index contributed by atoms with van der Waals surface area (Å²) >= 11 is 6.88. The molecular formula is C15H13Br2NO3. The molecule has 1 aromatic heterocycles. The van der Waals surface area contributed by atoms with Crippen LogP contribution >= 0.6 is 31.9 Å². The first kappa shape index (κ1) is 14.8. The minimum absolute atomic E-state index is 0.241. The van der Waals surface area contributed by atoms with Crippen LogP contribution in [0.4, 0.5) is 0 Å². The number of ether oxygens (including phenoxy) is 1. The van der Waals surface area contributed by atoms with Crippen molar-refractivity contribution in [2.75, 3.05) is 6.61 Å². The molecule has 3 rings (SSSR count). The fraction of sp³-hybridized carbons (Fsp3) is 0.333. The summed E-state index contributed by atoms with van der Waals surface area (Å²) in [7, 11) is 0. The molecule has 0 unspecified atom stereocenters. The third kappa shape index (κ3) is 3.21. The highest BCUT2D eigenvalue weighted by Crippen LogP contribution is 2.43. The van der Waals surface area contributed by atoms with E-state index in [1.54, 1.807) is 6.92 Å². The van der Waals surface area contributed by atoms with Gasteiger partial charge in [0.2, 0.25) is 11.7 Å². The van der Waals surface area contributed by atoms with Gasteiger partial charge in [-0.1, -0.05) is 31.9 Å². The highest BCUT2D eigenvalue weighted by Gasteiger charge is 2.34. The van der Waals surface area contributed by atoms with E-state index in [0.29, 0.717) is 18.4 Å². The topological polar surface area (TPSA) is 52.3 Å². The van der Waals surface area contributed by atoms with E-state index in [1.807, 2.05) is 18.2 Å². The third-order valence-corrected chi connectivity index (χ3v) is 4.10. The van der Waals surface area contributed by atoms with E-state index in [0.717, 1.165) is 33.0 Å². The summed E-state index contributed by atoms with van der Waals surface area (Å²) in [5.74, 6) is 0.567. The normalized spacial score (nSPS) is 14.2. The number of hydrogen-bond donors (Lipinski definition) is 0. The Bertz CT molecular complexity index is 672. The van der Waals surface area contributed by atoms with Crippen molar-refractivity contribution >= 4 is 37.8 Å². The zero-order valence-corrected chi connectivity index (χ0v) is 14.5. The maximum Gasteiger partial charge on any atom is 0.376 e. The van der Waals surface area contributed by atoms with Gasteiger partial charge in [0, 0.05) is 20.4 Å². The van der Waals surface area contributed by atoms with Gasteiger partial charge in [-0.25, -0.2) is 9.78 Å². The third-order valence-electron chi connectivity index (χ3n) is 3.19. The second-order valence-corrected chi connectivity index (χ2v) is 6.72. The molecule has 0 aliphatic heterocycles. The van der Waals surface area contributed by atoms with Gasteiger partial charge in [-0.3, -0.25) is 0 Å². The van der Waals surface area contributed by atoms with Crippen LogP contribution in [0.3, 0.4) is 0 Å². The van der Waals surface area contributed by atoms with E-state index in [2.05, 4.69) is 36.8 Å². The Morgan fingerprint density at radius 3 is 2.57 bits per heavy atom. The second-order valence-electron chi connectivity index (χ2n) is 4.89. The number of carbonyl (C=O) groups is 1. The molecular weight excluding hydrogens is 402 g/mol. The van der Waals surface area contributed by atoms with Crippen LogP contribution in [0.2, 0.25) is 0 Å². The largest absolute Gasteiger partial charge is 0.460 e. The molecule has 0 amide bonds. The molecule has 21 heavy (non-hydrogen) atoms. The van der Waals surface area contributed by atoms with Gasteiger partial charge >= 0.3 is 5.97 Å². The fourth-order valence-electron chi connectivity index (χ4n) is 2.11. The Kier molecular flexibility index (Phi) is 4.17. The first-order valence-corrected chi connectivity index (χ1v) is 8.31. The van der Waals surface area contributed by atoms with Gasteiger partial charge in [0.05, 0.1) is 12.3 Å². The summed E-state index contributed by atoms with van der Waals surface area (Å²) in [6.45, 7) is 2.10. The number of oxazole rings is 1. The lowest BCUT2D eigenvalue weighted by Gasteiger charge is -1.99. The summed E-state index contributed by atoms with van der Waals surface area (Å²) in [5.41, 5.74) is 1.54. The van der Waals surface area contributed by atoms with Gasteiger partial charge in [-0.05, 0) is 38.0 Å². The van der Waals surface area contributed by atoms with Gasteiger partial charge in [-0.2, -0.15) is 0 Å². The molecule has 2 aromatic rings. The standard InChI is InChI=1S/C15H13Br2NO3/c1-2-20-15(19)13-12(8-3-4-8)18-14(21-13)9-5-10(16)7-11(17)6-9/h5-8H,2-4H2,1H3. The monoisotopic (exact) mass is 413 g/mol. The molecule has 0 bridgehead atoms. The molecule has 1 aliphatic carbocycles. The SMILES string of the molecule is CCOC(=O)c1oc(-c2cc(Br)cc(Br)c2)nc1C1CC1. The molecule has 1 aliphatic rings. The Morgan fingerprint density at radius 1 is 1.33 bits per heavy atom. The van der Waals surface area contributed by atoms with Gasteiger partial charge < -0.3 is 9.15 Å². The molecule has 1 fully saturated rings. The van der Waals surface area contributed by atoms with E-state index in [1.165, 1.54) is 0 Å². The zero-order chi connectivity index (χ0) is 15.0. The minimum atomic E-state index is -0.438. The van der Waals surface area contributed by atoms with Crippen molar-refractivity contribution < 1.29 is 13.9 Å². The van der Waals surface area contributed by atoms with Gasteiger partial charge in [-0.15, -0.1) is 0 Å². The lowest BCUT2D eigenvalue weighted by Crippen LogP contribution is -2.05. The van der Waals surface area contributed by atoms with Crippen molar-refractivity contribution in [1.29, 1.82) is 0 Å². The molecule has 1 aromatic carbocycles. The fourth-order valence-corrected chi connectivity index (χ4v) is 3.40. The van der Waals surface area contributed by atoms with Crippen molar-refractivity contribution in [3.05, 3.63) is 38.6 Å². The molecule has 0 radical (unpaired) electrons. The number of hydrogen-bond acceptors (Lipinski definition) is 4. The molecule has 0 atom stereocenters. The summed E-state index contributed by atoms with van der Waals surface area (Å²) in [6, 6.07) is 5.74. The first-order chi connectivity index (χ1) is 10.1. The second kappa shape index (κ2) is 5.93. The van der Waals surface area contributed by atoms with E-state index >= 15 is 0 Å². The Morgan fingerprint density at radius 2 is 2.00 bits per heavy atom. The lowest BCUT2D eigenvalue weighted by atomic mass is 10.2. The minimum Gasteiger partial charge on any atom is -0.460 e. The number of aromatic nitrogens is 1. The Balaban J connectivity index is 2.03. The average Bonchev–Trinajstić information content (AvgIpc) is 3.16. The molecule has 110 valence electrons. The number of benzene rings is 1. The summed E-state index contributed by atoms with van der Waals surface area (Å²) in [6.07, 6.45) is 2.08. The predicted molar refractivity (Wildman–Crippen MR) is 85.3 cm³/mol. The van der Waals surface area contributed by atoms with E-state index in [9.17, 15) is 4.79 Å². The Hall–Kier alpha value is -1.14. The van der Waals surface area contributed by atoms with Crippen LogP contribution in [-0.2, 0) is 4.74 Å². The van der Waals surface area contributed by atoms with E-state index in [-0.39, 0.29) is 5.76 Å². The van der Waals surface area contributed by atoms with Crippen molar-refractivity contribution in [3.63, 3.8) is 0 Å². The number of rotatable bonds is 4. The summed E-state index contributed by atoms with van der Waals surface area (Å²) < 4.78 is 12.6. The molecule has 1 saturated carbocycles. The van der Waals surface area contributed by atoms with E-state index < -0.39 is 5.97 Å². The van der Waals surface area contributed by atoms with Gasteiger partial charge in [0.25, 0.3) is 0 Å². The lowest BCUT2D eigenvalue weighted by molar-refractivity contribution is 0.0489. The van der Waals surface area contributed by atoms with E-state index in [4.69, 9.17) is 9.15 Å². The van der Waals surface area contributed by atoms with Crippen molar-refractivity contribution in [2.24, 2.45) is 0 Å². The number of carbonyl (C=O) groups excluding carboxylic acids is 1. The van der Waals surface area contributed by atoms with Crippen LogP contribution < -0.4 is 0 Å². The molecule has 1 heterocycles. The highest BCUT2D eigenvalue weighted by molar-refractivity contribution is 9.11. The van der Waals surface area contributed by atoms with Crippen LogP contribution in [0.15, 0.2) is 31.6 Å². The predicted octanol–water partition coefficient (Wildman–Crippen LogP) is 4.92. The Labute approximate surface area is 139 Å². The van der Waals surface area contributed by atoms with Crippen LogP contribution in [0.25, 0.3) is 11.5 Å². The van der Waals surface area contributed by atoms with Crippen LogP contribution in [0, 0.1) is 0 Å². The highest BCUT2D eigenvalue weighted by atomic mass is 79.9. The quantitative estimate of drug-likeness (QED) is 0.666. The number of esters is 1. The van der Waals surface area contributed by atoms with Crippen LogP contribution in [0.1, 0.15) is 41.9 Å². The average molecular weight is 415 g/mol. The number of halogens is 2. The summed E-state index contributed by atoms with van der Waals surface area (Å²) in [4.78, 5) is 16.5. The molecule has 6 heteroatoms. The van der Waals surface area contributed by atoms with Crippen molar-refractivity contribution in [1.82, 2.24) is 4.98 Å². The van der Waals surface area contributed by atoms with Crippen molar-refractivity contribution in [2.45, 2.75) is 25.7 Å². The molecule has 0 N–H and O–H groups in total. The first-order valence-electron chi connectivity index (χ1n) is 6.72. The maximum absolute atomic E-state index is 12.0. The smallest absolute Gasteiger partial charge is 0.376 e. The summed E-state index contributed by atoms with van der Waals surface area (Å²) in [5, 5.41) is 0. The zero-order valence-electron chi connectivity index (χ0n) is 11.4. The maximum atomic E-state index is 12.0. The van der Waals surface area contributed by atoms with Crippen LogP contribution in [0.5, 0.6) is 0 Å². The molecule has 0 spiro atoms. The number of nitrogens with zero attached hydrogens (tertiary/aromatic N) is 1. The van der Waals surface area contributed by atoms with Gasteiger partial charge in [0.15, 0.2) is 0 Å². The molecule has 4 nitrogen and oxygen atoms in total. The van der Waals surface area contributed by atoms with Gasteiger partial charge in [0.1, 0.15) is 0 Å². The van der Waals surface area contributed by atoms with Crippen molar-refractivity contribution in [3.8, 4) is 11.5 Å². The molecule has 0 saturated heterocycles.